The Kier molecular flexibility index (Phi) is 5.22. The molecular weight excluding hydrogens is 204 g/mol. The van der Waals surface area contributed by atoms with Crippen LogP contribution in [-0.4, -0.2) is 30.2 Å². The third-order valence-electron chi connectivity index (χ3n) is 3.66. The number of aliphatic hydroxyl groups excluding tert-OH is 1. The minimum absolute atomic E-state index is 0.0959. The van der Waals surface area contributed by atoms with E-state index in [4.69, 9.17) is 5.73 Å². The van der Waals surface area contributed by atoms with E-state index < -0.39 is 6.04 Å². The third-order valence-corrected chi connectivity index (χ3v) is 3.66. The van der Waals surface area contributed by atoms with Gasteiger partial charge in [0.1, 0.15) is 0 Å². The molecule has 1 aliphatic rings. The molecular formula is C12H24N2O2. The van der Waals surface area contributed by atoms with Crippen LogP contribution in [0.1, 0.15) is 45.4 Å². The summed E-state index contributed by atoms with van der Waals surface area (Å²) in [5.74, 6) is -0.0964. The van der Waals surface area contributed by atoms with Crippen molar-refractivity contribution in [3.05, 3.63) is 0 Å². The number of hydrogen-bond donors (Lipinski definition) is 3. The van der Waals surface area contributed by atoms with Crippen LogP contribution in [0, 0.1) is 5.41 Å². The van der Waals surface area contributed by atoms with Gasteiger partial charge >= 0.3 is 0 Å². The quantitative estimate of drug-likeness (QED) is 0.651. The van der Waals surface area contributed by atoms with Gasteiger partial charge < -0.3 is 16.2 Å². The SMILES string of the molecule is CC[C@@H](N)C(=O)NCC1(CO)CCCCC1. The van der Waals surface area contributed by atoms with Crippen molar-refractivity contribution in [3.63, 3.8) is 0 Å². The first-order valence-corrected chi connectivity index (χ1v) is 6.28. The van der Waals surface area contributed by atoms with Crippen molar-refractivity contribution < 1.29 is 9.90 Å². The lowest BCUT2D eigenvalue weighted by Gasteiger charge is -2.35. The molecule has 1 atom stereocenters. The summed E-state index contributed by atoms with van der Waals surface area (Å²) < 4.78 is 0. The molecule has 1 saturated carbocycles. The zero-order chi connectivity index (χ0) is 12.0. The average Bonchev–Trinajstić information content (AvgIpc) is 2.36. The van der Waals surface area contributed by atoms with Gasteiger partial charge in [-0.1, -0.05) is 26.2 Å². The molecule has 94 valence electrons. The highest BCUT2D eigenvalue weighted by Crippen LogP contribution is 2.35. The number of nitrogens with one attached hydrogen (secondary N) is 1. The zero-order valence-electron chi connectivity index (χ0n) is 10.2. The van der Waals surface area contributed by atoms with Gasteiger partial charge in [0, 0.05) is 12.0 Å². The molecule has 4 nitrogen and oxygen atoms in total. The lowest BCUT2D eigenvalue weighted by atomic mass is 9.74. The van der Waals surface area contributed by atoms with Gasteiger partial charge in [-0.15, -0.1) is 0 Å². The second-order valence-corrected chi connectivity index (χ2v) is 4.95. The largest absolute Gasteiger partial charge is 0.396 e. The number of hydrogen-bond acceptors (Lipinski definition) is 3. The van der Waals surface area contributed by atoms with Crippen molar-refractivity contribution in [1.82, 2.24) is 5.32 Å². The van der Waals surface area contributed by atoms with Gasteiger partial charge in [-0.2, -0.15) is 0 Å². The Hall–Kier alpha value is -0.610. The van der Waals surface area contributed by atoms with Crippen molar-refractivity contribution in [2.45, 2.75) is 51.5 Å². The second kappa shape index (κ2) is 6.21. The molecule has 0 saturated heterocycles. The number of carbonyl (C=O) groups excluding carboxylic acids is 1. The molecule has 1 rings (SSSR count). The molecule has 0 unspecified atom stereocenters. The summed E-state index contributed by atoms with van der Waals surface area (Å²) in [4.78, 5) is 11.6. The van der Waals surface area contributed by atoms with E-state index in [0.29, 0.717) is 13.0 Å². The van der Waals surface area contributed by atoms with Gasteiger partial charge in [0.2, 0.25) is 5.91 Å². The van der Waals surface area contributed by atoms with E-state index in [1.165, 1.54) is 6.42 Å². The minimum Gasteiger partial charge on any atom is -0.396 e. The molecule has 4 heteroatoms. The maximum absolute atomic E-state index is 11.6. The van der Waals surface area contributed by atoms with E-state index in [1.54, 1.807) is 0 Å². The molecule has 16 heavy (non-hydrogen) atoms. The Morgan fingerprint density at radius 1 is 1.44 bits per heavy atom. The molecule has 0 spiro atoms. The molecule has 1 aliphatic carbocycles. The molecule has 1 fully saturated rings. The number of nitrogens with two attached hydrogens (primary N) is 1. The smallest absolute Gasteiger partial charge is 0.236 e. The fraction of sp³-hybridized carbons (Fsp3) is 0.917. The predicted molar refractivity (Wildman–Crippen MR) is 63.9 cm³/mol. The number of amides is 1. The van der Waals surface area contributed by atoms with Crippen LogP contribution in [0.3, 0.4) is 0 Å². The predicted octanol–water partition coefficient (Wildman–Crippen LogP) is 0.783. The summed E-state index contributed by atoms with van der Waals surface area (Å²) >= 11 is 0. The van der Waals surface area contributed by atoms with Crippen LogP contribution in [0.5, 0.6) is 0 Å². The average molecular weight is 228 g/mol. The monoisotopic (exact) mass is 228 g/mol. The maximum atomic E-state index is 11.6. The van der Waals surface area contributed by atoms with Gasteiger partial charge in [0.15, 0.2) is 0 Å². The molecule has 0 heterocycles. The fourth-order valence-electron chi connectivity index (χ4n) is 2.28. The number of aliphatic hydroxyl groups is 1. The number of carbonyl (C=O) groups is 1. The summed E-state index contributed by atoms with van der Waals surface area (Å²) in [7, 11) is 0. The fourth-order valence-corrected chi connectivity index (χ4v) is 2.28. The van der Waals surface area contributed by atoms with Crippen LogP contribution in [0.15, 0.2) is 0 Å². The second-order valence-electron chi connectivity index (χ2n) is 4.95. The van der Waals surface area contributed by atoms with Crippen LogP contribution >= 0.6 is 0 Å². The maximum Gasteiger partial charge on any atom is 0.236 e. The lowest BCUT2D eigenvalue weighted by molar-refractivity contribution is -0.123. The van der Waals surface area contributed by atoms with Crippen LogP contribution in [0.2, 0.25) is 0 Å². The summed E-state index contributed by atoms with van der Waals surface area (Å²) in [5.41, 5.74) is 5.55. The Balaban J connectivity index is 2.41. The third kappa shape index (κ3) is 3.46. The highest BCUT2D eigenvalue weighted by molar-refractivity contribution is 5.81. The van der Waals surface area contributed by atoms with E-state index in [-0.39, 0.29) is 17.9 Å². The Labute approximate surface area is 97.6 Å². The normalized spacial score (nSPS) is 21.4. The summed E-state index contributed by atoms with van der Waals surface area (Å²) in [6.07, 6.45) is 6.20. The van der Waals surface area contributed by atoms with Gasteiger partial charge in [0.05, 0.1) is 12.6 Å². The minimum atomic E-state index is -0.417. The first-order valence-electron chi connectivity index (χ1n) is 6.28. The molecule has 1 amide bonds. The van der Waals surface area contributed by atoms with Gasteiger partial charge in [-0.05, 0) is 19.3 Å². The van der Waals surface area contributed by atoms with Gasteiger partial charge in [0.25, 0.3) is 0 Å². The highest BCUT2D eigenvalue weighted by atomic mass is 16.3. The molecule has 0 aliphatic heterocycles. The molecule has 4 N–H and O–H groups in total. The molecule has 0 aromatic rings. The Morgan fingerprint density at radius 3 is 2.56 bits per heavy atom. The summed E-state index contributed by atoms with van der Waals surface area (Å²) in [6, 6.07) is -0.417. The van der Waals surface area contributed by atoms with Gasteiger partial charge in [-0.3, -0.25) is 4.79 Å². The van der Waals surface area contributed by atoms with Crippen molar-refractivity contribution >= 4 is 5.91 Å². The van der Waals surface area contributed by atoms with Crippen molar-refractivity contribution in [2.24, 2.45) is 11.1 Å². The van der Waals surface area contributed by atoms with E-state index in [0.717, 1.165) is 25.7 Å². The first-order chi connectivity index (χ1) is 7.63. The van der Waals surface area contributed by atoms with Crippen LogP contribution in [0.25, 0.3) is 0 Å². The molecule has 0 radical (unpaired) electrons. The van der Waals surface area contributed by atoms with E-state index in [9.17, 15) is 9.90 Å². The van der Waals surface area contributed by atoms with E-state index >= 15 is 0 Å². The molecule has 0 aromatic carbocycles. The first kappa shape index (κ1) is 13.5. The topological polar surface area (TPSA) is 75.4 Å². The summed E-state index contributed by atoms with van der Waals surface area (Å²) in [6.45, 7) is 2.62. The standard InChI is InChI=1S/C12H24N2O2/c1-2-10(13)11(16)14-8-12(9-15)6-4-3-5-7-12/h10,15H,2-9,13H2,1H3,(H,14,16)/t10-/m1/s1. The lowest BCUT2D eigenvalue weighted by Crippen LogP contribution is -2.46. The van der Waals surface area contributed by atoms with Crippen molar-refractivity contribution in [2.75, 3.05) is 13.2 Å². The van der Waals surface area contributed by atoms with Crippen LogP contribution in [-0.2, 0) is 4.79 Å². The van der Waals surface area contributed by atoms with E-state index in [2.05, 4.69) is 5.32 Å². The molecule has 0 aromatic heterocycles. The molecule has 0 bridgehead atoms. The van der Waals surface area contributed by atoms with E-state index in [1.807, 2.05) is 6.92 Å². The van der Waals surface area contributed by atoms with Crippen LogP contribution < -0.4 is 11.1 Å². The van der Waals surface area contributed by atoms with Gasteiger partial charge in [-0.25, -0.2) is 0 Å². The Bertz CT molecular complexity index is 225. The summed E-state index contributed by atoms with van der Waals surface area (Å²) in [5, 5.41) is 12.3. The van der Waals surface area contributed by atoms with Crippen molar-refractivity contribution in [3.8, 4) is 0 Å². The highest BCUT2D eigenvalue weighted by Gasteiger charge is 2.31. The van der Waals surface area contributed by atoms with Crippen molar-refractivity contribution in [1.29, 1.82) is 0 Å². The number of rotatable bonds is 5. The van der Waals surface area contributed by atoms with Crippen LogP contribution in [0.4, 0.5) is 0 Å². The Morgan fingerprint density at radius 2 is 2.06 bits per heavy atom. The zero-order valence-corrected chi connectivity index (χ0v) is 10.2.